The lowest BCUT2D eigenvalue weighted by Crippen LogP contribution is -2.23. The van der Waals surface area contributed by atoms with Gasteiger partial charge < -0.3 is 28.2 Å². The van der Waals surface area contributed by atoms with E-state index in [1.54, 1.807) is 12.4 Å². The molecule has 1 aliphatic rings. The zero-order valence-corrected chi connectivity index (χ0v) is 13.7. The maximum Gasteiger partial charge on any atom is 0.335 e. The van der Waals surface area contributed by atoms with E-state index in [0.717, 1.165) is 5.56 Å². The Morgan fingerprint density at radius 3 is 1.88 bits per heavy atom. The topological polar surface area (TPSA) is 204 Å². The maximum atomic E-state index is 10.2. The Balaban J connectivity index is 0.000000214. The summed E-state index contributed by atoms with van der Waals surface area (Å²) in [7, 11) is 0. The van der Waals surface area contributed by atoms with Gasteiger partial charge in [0.15, 0.2) is 5.84 Å². The molecule has 136 valence electrons. The molecule has 0 bridgehead atoms. The lowest BCUT2D eigenvalue weighted by atomic mass is 10.2. The Hall–Kier alpha value is -4.02. The van der Waals surface area contributed by atoms with Crippen LogP contribution in [0.3, 0.4) is 0 Å². The van der Waals surface area contributed by atoms with Crippen LogP contribution in [0.4, 0.5) is 0 Å². The second-order valence-corrected chi connectivity index (χ2v) is 4.57. The molecule has 26 heavy (non-hydrogen) atoms. The summed E-state index contributed by atoms with van der Waals surface area (Å²) in [5.74, 6) is 4.77. The van der Waals surface area contributed by atoms with Gasteiger partial charge in [0.2, 0.25) is 5.96 Å². The number of carbonyl (C=O) groups is 1. The van der Waals surface area contributed by atoms with Gasteiger partial charge in [0, 0.05) is 30.4 Å². The molecule has 0 radical (unpaired) electrons. The van der Waals surface area contributed by atoms with Crippen molar-refractivity contribution in [3.05, 3.63) is 60.2 Å². The number of nitrogens with two attached hydrogens (primary N) is 4. The summed E-state index contributed by atoms with van der Waals surface area (Å²) in [4.78, 5) is 26.0. The Bertz CT molecular complexity index is 785. The van der Waals surface area contributed by atoms with Gasteiger partial charge in [-0.3, -0.25) is 15.0 Å². The van der Waals surface area contributed by atoms with Crippen molar-refractivity contribution in [1.29, 1.82) is 0 Å². The highest BCUT2D eigenvalue weighted by atomic mass is 16.4. The summed E-state index contributed by atoms with van der Waals surface area (Å²) in [6.45, 7) is 0.512. The van der Waals surface area contributed by atoms with Crippen molar-refractivity contribution >= 4 is 23.6 Å². The minimum Gasteiger partial charge on any atom is -0.478 e. The summed E-state index contributed by atoms with van der Waals surface area (Å²) >= 11 is 0. The van der Waals surface area contributed by atoms with Crippen LogP contribution < -0.4 is 23.0 Å². The highest BCUT2D eigenvalue weighted by Crippen LogP contribution is 2.04. The van der Waals surface area contributed by atoms with Gasteiger partial charge in [-0.2, -0.15) is 0 Å². The molecule has 11 nitrogen and oxygen atoms in total. The summed E-state index contributed by atoms with van der Waals surface area (Å²) in [5.41, 5.74) is 16.1. The number of hydrogen-bond acceptors (Lipinski definition) is 8. The Labute approximate surface area is 149 Å². The third-order valence-electron chi connectivity index (χ3n) is 2.66. The molecule has 1 aliphatic heterocycles. The first-order chi connectivity index (χ1) is 12.4. The SMILES string of the molecule is NC1=NC(c2ccncc2)=NC1.NN=C(N)N.O=C(O)c1ccncc1. The maximum absolute atomic E-state index is 10.2. The molecule has 3 heterocycles. The van der Waals surface area contributed by atoms with E-state index in [0.29, 0.717) is 18.2 Å². The van der Waals surface area contributed by atoms with Gasteiger partial charge in [0.05, 0.1) is 12.1 Å². The van der Waals surface area contributed by atoms with Crippen LogP contribution in [0.1, 0.15) is 15.9 Å². The normalized spacial score (nSPS) is 11.5. The predicted molar refractivity (Wildman–Crippen MR) is 98.5 cm³/mol. The number of amidine groups is 2. The first kappa shape index (κ1) is 20.0. The van der Waals surface area contributed by atoms with Gasteiger partial charge in [-0.25, -0.2) is 9.79 Å². The van der Waals surface area contributed by atoms with Crippen molar-refractivity contribution < 1.29 is 9.90 Å². The van der Waals surface area contributed by atoms with Crippen LogP contribution in [0.2, 0.25) is 0 Å². The van der Waals surface area contributed by atoms with E-state index in [4.69, 9.17) is 22.3 Å². The summed E-state index contributed by atoms with van der Waals surface area (Å²) < 4.78 is 0. The summed E-state index contributed by atoms with van der Waals surface area (Å²) in [6.07, 6.45) is 6.32. The van der Waals surface area contributed by atoms with Crippen LogP contribution in [-0.2, 0) is 0 Å². The van der Waals surface area contributed by atoms with E-state index in [9.17, 15) is 4.79 Å². The molecule has 11 heteroatoms. The van der Waals surface area contributed by atoms with Gasteiger partial charge in [-0.05, 0) is 24.3 Å². The number of aliphatic imine (C=N–C) groups is 2. The Morgan fingerprint density at radius 1 is 1.04 bits per heavy atom. The van der Waals surface area contributed by atoms with Crippen molar-refractivity contribution in [1.82, 2.24) is 9.97 Å². The van der Waals surface area contributed by atoms with Gasteiger partial charge in [0.25, 0.3) is 0 Å². The first-order valence-corrected chi connectivity index (χ1v) is 7.14. The second-order valence-electron chi connectivity index (χ2n) is 4.57. The molecule has 0 fully saturated rings. The molecule has 2 aromatic rings. The number of hydrazone groups is 1. The van der Waals surface area contributed by atoms with Crippen LogP contribution in [-0.4, -0.2) is 45.2 Å². The van der Waals surface area contributed by atoms with E-state index in [1.807, 2.05) is 12.1 Å². The van der Waals surface area contributed by atoms with Crippen LogP contribution in [0.25, 0.3) is 0 Å². The monoisotopic (exact) mass is 357 g/mol. The molecule has 0 amide bonds. The number of aromatic carboxylic acids is 1. The number of aromatic nitrogens is 2. The van der Waals surface area contributed by atoms with Crippen molar-refractivity contribution in [2.45, 2.75) is 0 Å². The predicted octanol–water partition coefficient (Wildman–Crippen LogP) is -0.888. The third-order valence-corrected chi connectivity index (χ3v) is 2.66. The largest absolute Gasteiger partial charge is 0.478 e. The van der Waals surface area contributed by atoms with Crippen LogP contribution in [0.15, 0.2) is 64.1 Å². The molecule has 0 saturated carbocycles. The molecular formula is C15H19N9O2. The van der Waals surface area contributed by atoms with Crippen LogP contribution in [0, 0.1) is 0 Å². The fourth-order valence-electron chi connectivity index (χ4n) is 1.51. The Kier molecular flexibility index (Phi) is 8.24. The molecule has 0 saturated heterocycles. The van der Waals surface area contributed by atoms with Gasteiger partial charge in [0.1, 0.15) is 5.84 Å². The number of hydrogen-bond donors (Lipinski definition) is 5. The van der Waals surface area contributed by atoms with E-state index >= 15 is 0 Å². The third kappa shape index (κ3) is 7.50. The molecule has 9 N–H and O–H groups in total. The van der Waals surface area contributed by atoms with E-state index < -0.39 is 5.97 Å². The molecule has 0 aromatic carbocycles. The van der Waals surface area contributed by atoms with E-state index in [1.165, 1.54) is 24.5 Å². The van der Waals surface area contributed by atoms with Gasteiger partial charge in [-0.15, -0.1) is 5.10 Å². The van der Waals surface area contributed by atoms with E-state index in [2.05, 4.69) is 30.9 Å². The summed E-state index contributed by atoms with van der Waals surface area (Å²) in [6, 6.07) is 6.62. The molecular weight excluding hydrogens is 338 g/mol. The minimum atomic E-state index is -0.919. The fraction of sp³-hybridized carbons (Fsp3) is 0.0667. The zero-order valence-electron chi connectivity index (χ0n) is 13.7. The number of guanidine groups is 1. The van der Waals surface area contributed by atoms with Crippen molar-refractivity contribution in [2.75, 3.05) is 6.54 Å². The number of carboxylic acid groups (broad SMARTS) is 1. The average Bonchev–Trinajstić information content (AvgIpc) is 3.10. The second kappa shape index (κ2) is 10.7. The first-order valence-electron chi connectivity index (χ1n) is 7.14. The lowest BCUT2D eigenvalue weighted by Gasteiger charge is -1.93. The van der Waals surface area contributed by atoms with E-state index in [-0.39, 0.29) is 11.5 Å². The van der Waals surface area contributed by atoms with Gasteiger partial charge in [-0.1, -0.05) is 0 Å². The number of rotatable bonds is 2. The molecule has 0 aliphatic carbocycles. The quantitative estimate of drug-likeness (QED) is 0.197. The molecule has 3 rings (SSSR count). The Morgan fingerprint density at radius 2 is 1.54 bits per heavy atom. The number of pyridine rings is 2. The molecule has 2 aromatic heterocycles. The van der Waals surface area contributed by atoms with Gasteiger partial charge >= 0.3 is 5.97 Å². The highest BCUT2D eigenvalue weighted by Gasteiger charge is 2.07. The number of nitrogens with zero attached hydrogens (tertiary/aromatic N) is 5. The fourth-order valence-corrected chi connectivity index (χ4v) is 1.51. The highest BCUT2D eigenvalue weighted by molar-refractivity contribution is 6.10. The zero-order chi connectivity index (χ0) is 19.4. The average molecular weight is 357 g/mol. The van der Waals surface area contributed by atoms with Crippen LogP contribution in [0.5, 0.6) is 0 Å². The molecule has 0 unspecified atom stereocenters. The van der Waals surface area contributed by atoms with Crippen LogP contribution >= 0.6 is 0 Å². The smallest absolute Gasteiger partial charge is 0.335 e. The minimum absolute atomic E-state index is 0.0926. The van der Waals surface area contributed by atoms with Crippen molar-refractivity contribution in [3.63, 3.8) is 0 Å². The standard InChI is InChI=1S/C8H8N4.C6H5NO2.CH6N4/c9-7-5-11-8(12-7)6-1-3-10-4-2-6;8-6(9)5-1-3-7-4-2-5;2-1(3)5-4/h1-4H,5H2,(H2,9,11,12);1-4H,(H,8,9);4H2,(H4,2,3,5). The number of carboxylic acids is 1. The summed E-state index contributed by atoms with van der Waals surface area (Å²) in [5, 5.41) is 11.2. The van der Waals surface area contributed by atoms with Crippen molar-refractivity contribution in [2.24, 2.45) is 38.1 Å². The van der Waals surface area contributed by atoms with Crippen molar-refractivity contribution in [3.8, 4) is 0 Å². The molecule has 0 spiro atoms. The molecule has 0 atom stereocenters. The lowest BCUT2D eigenvalue weighted by molar-refractivity contribution is 0.0696.